The molecule has 42 heavy (non-hydrogen) atoms. The molecule has 1 unspecified atom stereocenters. The van der Waals surface area contributed by atoms with Crippen molar-refractivity contribution in [1.29, 1.82) is 0 Å². The van der Waals surface area contributed by atoms with Crippen LogP contribution >= 0.6 is 0 Å². The highest BCUT2D eigenvalue weighted by molar-refractivity contribution is 5.68. The Morgan fingerprint density at radius 3 is 1.52 bits per heavy atom. The minimum absolute atomic E-state index is 0.0776. The summed E-state index contributed by atoms with van der Waals surface area (Å²) in [7, 11) is 0. The fourth-order valence-electron chi connectivity index (χ4n) is 4.75. The lowest BCUT2D eigenvalue weighted by molar-refractivity contribution is 0.0239. The number of rotatable bonds is 14. The monoisotopic (exact) mass is 577 g/mol. The molecule has 0 saturated heterocycles. The van der Waals surface area contributed by atoms with Crippen LogP contribution in [-0.4, -0.2) is 75.4 Å². The van der Waals surface area contributed by atoms with Crippen molar-refractivity contribution in [3.63, 3.8) is 0 Å². The number of hydrogen-bond acceptors (Lipinski definition) is 6. The highest BCUT2D eigenvalue weighted by Crippen LogP contribution is 2.15. The molecule has 0 aliphatic rings. The van der Waals surface area contributed by atoms with Crippen LogP contribution in [-0.2, 0) is 24.1 Å². The third-order valence-corrected chi connectivity index (χ3v) is 6.68. The Morgan fingerprint density at radius 2 is 1.12 bits per heavy atom. The summed E-state index contributed by atoms with van der Waals surface area (Å²) < 4.78 is 5.47. The van der Waals surface area contributed by atoms with Crippen LogP contribution in [0.4, 0.5) is 9.59 Å². The molecule has 0 aliphatic carbocycles. The minimum atomic E-state index is -1.23. The maximum absolute atomic E-state index is 12.7. The third kappa shape index (κ3) is 11.9. The molecule has 0 heterocycles. The van der Waals surface area contributed by atoms with E-state index in [1.165, 1.54) is 0 Å². The highest BCUT2D eigenvalue weighted by Gasteiger charge is 2.29. The second kappa shape index (κ2) is 15.9. The zero-order valence-electron chi connectivity index (χ0n) is 24.5. The van der Waals surface area contributed by atoms with Gasteiger partial charge in [-0.25, -0.2) is 9.59 Å². The van der Waals surface area contributed by atoms with Crippen molar-refractivity contribution in [2.45, 2.75) is 70.1 Å². The van der Waals surface area contributed by atoms with Gasteiger partial charge in [0.25, 0.3) is 0 Å². The molecule has 4 atom stereocenters. The molecule has 0 aromatic heterocycles. The van der Waals surface area contributed by atoms with Crippen LogP contribution in [0.25, 0.3) is 0 Å². The Balaban J connectivity index is 1.82. The number of carbonyl (C=O) groups is 2. The van der Waals surface area contributed by atoms with Gasteiger partial charge in [0.2, 0.25) is 0 Å². The van der Waals surface area contributed by atoms with Crippen LogP contribution in [0, 0.1) is 0 Å². The van der Waals surface area contributed by atoms with E-state index in [-0.39, 0.29) is 13.1 Å². The van der Waals surface area contributed by atoms with Crippen LogP contribution in [0.15, 0.2) is 91.0 Å². The SMILES string of the molecule is CC(C)(C)OC(=O)N[C@@H](Cc1ccccc1)C(O)CN(Cc1ccccc1)C[C@@H](O)[C@H](Cc1ccccc1)NC(=O)O. The smallest absolute Gasteiger partial charge is 0.407 e. The number of alkyl carbamates (subject to hydrolysis) is 1. The van der Waals surface area contributed by atoms with Gasteiger partial charge in [0, 0.05) is 19.6 Å². The summed E-state index contributed by atoms with van der Waals surface area (Å²) in [4.78, 5) is 26.2. The molecule has 226 valence electrons. The van der Waals surface area contributed by atoms with E-state index in [1.807, 2.05) is 95.9 Å². The summed E-state index contributed by atoms with van der Waals surface area (Å²) >= 11 is 0. The molecule has 0 spiro atoms. The number of nitrogens with zero attached hydrogens (tertiary/aromatic N) is 1. The lowest BCUT2D eigenvalue weighted by atomic mass is 9.99. The Kier molecular flexibility index (Phi) is 12.3. The molecular weight excluding hydrogens is 534 g/mol. The van der Waals surface area contributed by atoms with Gasteiger partial charge in [0.1, 0.15) is 5.60 Å². The first-order chi connectivity index (χ1) is 20.0. The third-order valence-electron chi connectivity index (χ3n) is 6.68. The number of aliphatic hydroxyl groups is 2. The van der Waals surface area contributed by atoms with Gasteiger partial charge in [0.15, 0.2) is 0 Å². The summed E-state index contributed by atoms with van der Waals surface area (Å²) in [5, 5.41) is 37.6. The number of nitrogens with one attached hydrogen (secondary N) is 2. The number of hydrogen-bond donors (Lipinski definition) is 5. The largest absolute Gasteiger partial charge is 0.465 e. The van der Waals surface area contributed by atoms with Gasteiger partial charge < -0.3 is 30.7 Å². The molecular formula is C33H43N3O6. The molecule has 3 aromatic rings. The van der Waals surface area contributed by atoms with Crippen molar-refractivity contribution in [3.8, 4) is 0 Å². The first-order valence-electron chi connectivity index (χ1n) is 14.2. The normalized spacial score (nSPS) is 14.4. The van der Waals surface area contributed by atoms with Gasteiger partial charge in [-0.2, -0.15) is 0 Å². The number of benzene rings is 3. The number of carboxylic acid groups (broad SMARTS) is 1. The Labute approximate surface area is 248 Å². The van der Waals surface area contributed by atoms with Crippen LogP contribution in [0.1, 0.15) is 37.5 Å². The van der Waals surface area contributed by atoms with Crippen molar-refractivity contribution in [2.75, 3.05) is 13.1 Å². The predicted octanol–water partition coefficient (Wildman–Crippen LogP) is 4.23. The zero-order chi connectivity index (χ0) is 30.5. The van der Waals surface area contributed by atoms with Crippen molar-refractivity contribution < 1.29 is 29.6 Å². The molecule has 0 fully saturated rings. The highest BCUT2D eigenvalue weighted by atomic mass is 16.6. The van der Waals surface area contributed by atoms with Crippen LogP contribution in [0.3, 0.4) is 0 Å². The lowest BCUT2D eigenvalue weighted by Crippen LogP contribution is -2.53. The van der Waals surface area contributed by atoms with E-state index >= 15 is 0 Å². The van der Waals surface area contributed by atoms with Gasteiger partial charge in [-0.15, -0.1) is 0 Å². The van der Waals surface area contributed by atoms with Gasteiger partial charge >= 0.3 is 12.2 Å². The standard InChI is InChI=1S/C33H43N3O6/c1-33(2,3)42-32(41)35-28(20-25-15-9-5-10-16-25)30(38)23-36(21-26-17-11-6-12-18-26)22-29(37)27(34-31(39)40)19-24-13-7-4-8-14-24/h4-18,27-30,34,37-38H,19-23H2,1-3H3,(H,35,41)(H,39,40)/t27-,28-,29+,30?/m0/s1. The fraction of sp³-hybridized carbons (Fsp3) is 0.394. The molecule has 0 saturated carbocycles. The summed E-state index contributed by atoms with van der Waals surface area (Å²) in [5.74, 6) is 0. The van der Waals surface area contributed by atoms with Crippen molar-refractivity contribution in [2.24, 2.45) is 0 Å². The average Bonchev–Trinajstić information content (AvgIpc) is 2.92. The molecule has 5 N–H and O–H groups in total. The predicted molar refractivity (Wildman–Crippen MR) is 162 cm³/mol. The van der Waals surface area contributed by atoms with E-state index in [2.05, 4.69) is 10.6 Å². The van der Waals surface area contributed by atoms with Crippen LogP contribution < -0.4 is 10.6 Å². The summed E-state index contributed by atoms with van der Waals surface area (Å²) in [6.07, 6.45) is -3.32. The molecule has 9 nitrogen and oxygen atoms in total. The van der Waals surface area contributed by atoms with E-state index in [4.69, 9.17) is 4.74 Å². The molecule has 0 radical (unpaired) electrons. The quantitative estimate of drug-likeness (QED) is 0.194. The first kappa shape index (κ1) is 32.6. The lowest BCUT2D eigenvalue weighted by Gasteiger charge is -2.33. The average molecular weight is 578 g/mol. The van der Waals surface area contributed by atoms with E-state index in [0.29, 0.717) is 19.4 Å². The second-order valence-electron chi connectivity index (χ2n) is 11.5. The van der Waals surface area contributed by atoms with Gasteiger partial charge in [-0.3, -0.25) is 4.90 Å². The first-order valence-corrected chi connectivity index (χ1v) is 14.2. The summed E-state index contributed by atoms with van der Waals surface area (Å²) in [6.45, 7) is 5.89. The summed E-state index contributed by atoms with van der Waals surface area (Å²) in [6, 6.07) is 27.1. The second-order valence-corrected chi connectivity index (χ2v) is 11.5. The maximum Gasteiger partial charge on any atom is 0.407 e. The van der Waals surface area contributed by atoms with Crippen LogP contribution in [0.5, 0.6) is 0 Å². The molecule has 3 aromatic carbocycles. The van der Waals surface area contributed by atoms with Gasteiger partial charge in [0.05, 0.1) is 24.3 Å². The van der Waals surface area contributed by atoms with E-state index in [1.54, 1.807) is 20.8 Å². The van der Waals surface area contributed by atoms with Crippen LogP contribution in [0.2, 0.25) is 0 Å². The number of aliphatic hydroxyl groups excluding tert-OH is 2. The number of ether oxygens (including phenoxy) is 1. The number of amides is 2. The van der Waals surface area contributed by atoms with E-state index in [0.717, 1.165) is 16.7 Å². The summed E-state index contributed by atoms with van der Waals surface area (Å²) in [5.41, 5.74) is 2.07. The zero-order valence-corrected chi connectivity index (χ0v) is 24.5. The Hall–Kier alpha value is -3.92. The Morgan fingerprint density at radius 1 is 0.714 bits per heavy atom. The van der Waals surface area contributed by atoms with E-state index in [9.17, 15) is 24.9 Å². The fourth-order valence-corrected chi connectivity index (χ4v) is 4.75. The molecule has 2 amide bonds. The Bertz CT molecular complexity index is 1220. The van der Waals surface area contributed by atoms with Crippen molar-refractivity contribution >= 4 is 12.2 Å². The van der Waals surface area contributed by atoms with Gasteiger partial charge in [-0.05, 0) is 50.3 Å². The minimum Gasteiger partial charge on any atom is -0.465 e. The molecule has 9 heteroatoms. The molecule has 0 bridgehead atoms. The number of carbonyl (C=O) groups excluding carboxylic acids is 1. The van der Waals surface area contributed by atoms with E-state index < -0.39 is 42.1 Å². The molecule has 0 aliphatic heterocycles. The van der Waals surface area contributed by atoms with Crippen molar-refractivity contribution in [1.82, 2.24) is 15.5 Å². The van der Waals surface area contributed by atoms with Crippen molar-refractivity contribution in [3.05, 3.63) is 108 Å². The molecule has 3 rings (SSSR count). The van der Waals surface area contributed by atoms with Gasteiger partial charge in [-0.1, -0.05) is 91.0 Å². The maximum atomic E-state index is 12.7. The topological polar surface area (TPSA) is 131 Å².